The Kier molecular flexibility index (Phi) is 4.93. The summed E-state index contributed by atoms with van der Waals surface area (Å²) >= 11 is 0. The second kappa shape index (κ2) is 7.67. The van der Waals surface area contributed by atoms with Gasteiger partial charge in [-0.1, -0.05) is 30.3 Å². The first-order valence-corrected chi connectivity index (χ1v) is 8.95. The van der Waals surface area contributed by atoms with Crippen molar-refractivity contribution < 1.29 is 4.74 Å². The lowest BCUT2D eigenvalue weighted by Gasteiger charge is -2.34. The Morgan fingerprint density at radius 1 is 1.19 bits per heavy atom. The Morgan fingerprint density at radius 2 is 2.04 bits per heavy atom. The van der Waals surface area contributed by atoms with Crippen LogP contribution in [0.3, 0.4) is 0 Å². The Balaban J connectivity index is 1.60. The molecule has 138 valence electrons. The Labute approximate surface area is 157 Å². The topological polar surface area (TPSA) is 73.1 Å². The molecule has 0 aliphatic carbocycles. The minimum absolute atomic E-state index is 0.0563. The number of nitrogens with zero attached hydrogens (tertiary/aromatic N) is 5. The van der Waals surface area contributed by atoms with Crippen molar-refractivity contribution in [2.45, 2.75) is 12.5 Å². The fourth-order valence-corrected chi connectivity index (χ4v) is 3.29. The third kappa shape index (κ3) is 3.88. The zero-order valence-electron chi connectivity index (χ0n) is 15.2. The SMILES string of the molecule is Cn1c(N2CCOC(Cc3ccccc3)C2)nc(-c2ccncn2)cc1=O. The van der Waals surface area contributed by atoms with Gasteiger partial charge in [-0.05, 0) is 11.6 Å². The molecular formula is C20H21N5O2. The molecule has 1 saturated heterocycles. The van der Waals surface area contributed by atoms with Gasteiger partial charge in [-0.15, -0.1) is 0 Å². The van der Waals surface area contributed by atoms with E-state index in [1.807, 2.05) is 18.2 Å². The second-order valence-corrected chi connectivity index (χ2v) is 6.56. The second-order valence-electron chi connectivity index (χ2n) is 6.56. The molecule has 1 aliphatic rings. The third-order valence-electron chi connectivity index (χ3n) is 4.68. The third-order valence-corrected chi connectivity index (χ3v) is 4.68. The summed E-state index contributed by atoms with van der Waals surface area (Å²) in [6.07, 6.45) is 3.99. The highest BCUT2D eigenvalue weighted by Crippen LogP contribution is 2.19. The molecule has 27 heavy (non-hydrogen) atoms. The summed E-state index contributed by atoms with van der Waals surface area (Å²) in [6, 6.07) is 13.5. The molecule has 1 fully saturated rings. The van der Waals surface area contributed by atoms with Crippen LogP contribution in [0.2, 0.25) is 0 Å². The molecule has 0 bridgehead atoms. The summed E-state index contributed by atoms with van der Waals surface area (Å²) in [4.78, 5) is 27.4. The Morgan fingerprint density at radius 3 is 2.81 bits per heavy atom. The number of anilines is 1. The number of rotatable bonds is 4. The van der Waals surface area contributed by atoms with Crippen molar-refractivity contribution in [1.29, 1.82) is 0 Å². The van der Waals surface area contributed by atoms with Crippen molar-refractivity contribution in [3.05, 3.63) is 70.9 Å². The van der Waals surface area contributed by atoms with E-state index in [0.717, 1.165) is 6.42 Å². The number of ether oxygens (including phenoxy) is 1. The standard InChI is InChI=1S/C20H21N5O2/c1-24-19(26)12-18(17-7-8-21-14-22-17)23-20(24)25-9-10-27-16(13-25)11-15-5-3-2-4-6-15/h2-8,12,14,16H,9-11,13H2,1H3. The molecule has 4 rings (SSSR count). The summed E-state index contributed by atoms with van der Waals surface area (Å²) in [7, 11) is 1.75. The molecule has 3 aromatic rings. The fourth-order valence-electron chi connectivity index (χ4n) is 3.29. The maximum absolute atomic E-state index is 12.5. The molecular weight excluding hydrogens is 342 g/mol. The highest BCUT2D eigenvalue weighted by atomic mass is 16.5. The van der Waals surface area contributed by atoms with E-state index in [1.54, 1.807) is 23.9 Å². The van der Waals surface area contributed by atoms with Gasteiger partial charge in [-0.25, -0.2) is 15.0 Å². The van der Waals surface area contributed by atoms with Crippen LogP contribution in [0.25, 0.3) is 11.4 Å². The lowest BCUT2D eigenvalue weighted by molar-refractivity contribution is 0.0403. The number of morpholine rings is 1. The number of hydrogen-bond acceptors (Lipinski definition) is 6. The van der Waals surface area contributed by atoms with E-state index in [2.05, 4.69) is 27.0 Å². The average Bonchev–Trinajstić information content (AvgIpc) is 2.71. The van der Waals surface area contributed by atoms with E-state index in [1.165, 1.54) is 18.0 Å². The maximum atomic E-state index is 12.5. The maximum Gasteiger partial charge on any atom is 0.255 e. The molecule has 2 aromatic heterocycles. The van der Waals surface area contributed by atoms with Gasteiger partial charge in [0.25, 0.3) is 5.56 Å². The quantitative estimate of drug-likeness (QED) is 0.702. The summed E-state index contributed by atoms with van der Waals surface area (Å²) in [5.74, 6) is 0.637. The first kappa shape index (κ1) is 17.4. The van der Waals surface area contributed by atoms with Gasteiger partial charge in [0.2, 0.25) is 5.95 Å². The van der Waals surface area contributed by atoms with Gasteiger partial charge < -0.3 is 9.64 Å². The van der Waals surface area contributed by atoms with Crippen molar-refractivity contribution in [2.24, 2.45) is 7.05 Å². The average molecular weight is 363 g/mol. The van der Waals surface area contributed by atoms with Crippen LogP contribution < -0.4 is 10.5 Å². The minimum Gasteiger partial charge on any atom is -0.374 e. The lowest BCUT2D eigenvalue weighted by atomic mass is 10.1. The van der Waals surface area contributed by atoms with Crippen LogP contribution in [-0.4, -0.2) is 45.3 Å². The number of hydrogen-bond donors (Lipinski definition) is 0. The van der Waals surface area contributed by atoms with Crippen LogP contribution in [0.4, 0.5) is 5.95 Å². The molecule has 7 nitrogen and oxygen atoms in total. The highest BCUT2D eigenvalue weighted by molar-refractivity contribution is 5.55. The van der Waals surface area contributed by atoms with Crippen LogP contribution in [0.15, 0.2) is 59.8 Å². The van der Waals surface area contributed by atoms with Gasteiger partial charge in [-0.2, -0.15) is 0 Å². The van der Waals surface area contributed by atoms with Crippen LogP contribution in [0.5, 0.6) is 0 Å². The predicted octanol–water partition coefficient (Wildman–Crippen LogP) is 1.69. The molecule has 0 N–H and O–H groups in total. The lowest BCUT2D eigenvalue weighted by Crippen LogP contribution is -2.45. The van der Waals surface area contributed by atoms with Gasteiger partial charge in [0.05, 0.1) is 24.1 Å². The van der Waals surface area contributed by atoms with E-state index in [9.17, 15) is 4.79 Å². The zero-order chi connectivity index (χ0) is 18.6. The van der Waals surface area contributed by atoms with Crippen molar-refractivity contribution >= 4 is 5.95 Å². The minimum atomic E-state index is -0.111. The summed E-state index contributed by atoms with van der Waals surface area (Å²) in [5.41, 5.74) is 2.32. The van der Waals surface area contributed by atoms with Crippen molar-refractivity contribution in [3.8, 4) is 11.4 Å². The molecule has 7 heteroatoms. The normalized spacial score (nSPS) is 17.1. The van der Waals surface area contributed by atoms with Gasteiger partial charge in [0, 0.05) is 38.8 Å². The monoisotopic (exact) mass is 363 g/mol. The van der Waals surface area contributed by atoms with Gasteiger partial charge >= 0.3 is 0 Å². The van der Waals surface area contributed by atoms with E-state index in [-0.39, 0.29) is 11.7 Å². The number of aromatic nitrogens is 4. The highest BCUT2D eigenvalue weighted by Gasteiger charge is 2.24. The van der Waals surface area contributed by atoms with Gasteiger partial charge in [0.15, 0.2) is 0 Å². The molecule has 0 spiro atoms. The van der Waals surface area contributed by atoms with E-state index in [0.29, 0.717) is 37.0 Å². The number of benzene rings is 1. The fraction of sp³-hybridized carbons (Fsp3) is 0.300. The van der Waals surface area contributed by atoms with Crippen LogP contribution in [0, 0.1) is 0 Å². The molecule has 1 unspecified atom stereocenters. The molecule has 1 aliphatic heterocycles. The molecule has 0 radical (unpaired) electrons. The van der Waals surface area contributed by atoms with Crippen molar-refractivity contribution in [1.82, 2.24) is 19.5 Å². The molecule has 1 aromatic carbocycles. The first-order valence-electron chi connectivity index (χ1n) is 8.95. The van der Waals surface area contributed by atoms with Crippen molar-refractivity contribution in [2.75, 3.05) is 24.6 Å². The van der Waals surface area contributed by atoms with Gasteiger partial charge in [-0.3, -0.25) is 9.36 Å². The van der Waals surface area contributed by atoms with E-state index < -0.39 is 0 Å². The molecule has 3 heterocycles. The summed E-state index contributed by atoms with van der Waals surface area (Å²) in [6.45, 7) is 1.98. The largest absolute Gasteiger partial charge is 0.374 e. The van der Waals surface area contributed by atoms with E-state index in [4.69, 9.17) is 9.72 Å². The summed E-state index contributed by atoms with van der Waals surface area (Å²) < 4.78 is 7.52. The summed E-state index contributed by atoms with van der Waals surface area (Å²) in [5, 5.41) is 0. The van der Waals surface area contributed by atoms with E-state index >= 15 is 0 Å². The van der Waals surface area contributed by atoms with Crippen molar-refractivity contribution in [3.63, 3.8) is 0 Å². The molecule has 0 amide bonds. The molecule has 0 saturated carbocycles. The Hall–Kier alpha value is -3.06. The zero-order valence-corrected chi connectivity index (χ0v) is 15.2. The smallest absolute Gasteiger partial charge is 0.255 e. The molecule has 1 atom stereocenters. The van der Waals surface area contributed by atoms with Gasteiger partial charge in [0.1, 0.15) is 6.33 Å². The van der Waals surface area contributed by atoms with Crippen LogP contribution in [-0.2, 0) is 18.2 Å². The Bertz CT molecular complexity index is 959. The first-order chi connectivity index (χ1) is 13.2. The van der Waals surface area contributed by atoms with Crippen LogP contribution in [0.1, 0.15) is 5.56 Å². The van der Waals surface area contributed by atoms with Crippen LogP contribution >= 0.6 is 0 Å². The predicted molar refractivity (Wildman–Crippen MR) is 103 cm³/mol.